The van der Waals surface area contributed by atoms with Crippen molar-refractivity contribution in [1.82, 2.24) is 0 Å². The average Bonchev–Trinajstić information content (AvgIpc) is 2.55. The summed E-state index contributed by atoms with van der Waals surface area (Å²) in [5.41, 5.74) is -0.387. The van der Waals surface area contributed by atoms with Gasteiger partial charge >= 0.3 is 11.9 Å². The quantitative estimate of drug-likeness (QED) is 0.482. The van der Waals surface area contributed by atoms with Gasteiger partial charge in [0.25, 0.3) is 0 Å². The topological polar surface area (TPSA) is 61.8 Å². The Bertz CT molecular complexity index is 567. The van der Waals surface area contributed by atoms with Crippen molar-refractivity contribution in [1.29, 1.82) is 0 Å². The second-order valence-corrected chi connectivity index (χ2v) is 8.68. The van der Waals surface area contributed by atoms with Crippen LogP contribution in [0.1, 0.15) is 72.1 Å². The minimum Gasteiger partial charge on any atom is -0.464 e. The minimum absolute atomic E-state index is 0.266. The lowest BCUT2D eigenvalue weighted by atomic mass is 9.52. The molecule has 4 rings (SSSR count). The third-order valence-electron chi connectivity index (χ3n) is 6.09. The predicted octanol–water partition coefficient (Wildman–Crippen LogP) is 3.95. The Kier molecular flexibility index (Phi) is 5.48. The van der Waals surface area contributed by atoms with Crippen LogP contribution in [-0.2, 0) is 23.8 Å². The van der Waals surface area contributed by atoms with Gasteiger partial charge in [-0.1, -0.05) is 20.4 Å². The van der Waals surface area contributed by atoms with Crippen molar-refractivity contribution in [3.05, 3.63) is 12.2 Å². The first-order chi connectivity index (χ1) is 12.3. The zero-order chi connectivity index (χ0) is 18.9. The van der Waals surface area contributed by atoms with E-state index in [4.69, 9.17) is 14.2 Å². The molecule has 0 aromatic rings. The van der Waals surface area contributed by atoms with E-state index in [9.17, 15) is 9.59 Å². The van der Waals surface area contributed by atoms with Crippen LogP contribution in [-0.4, -0.2) is 35.9 Å². The Morgan fingerprint density at radius 2 is 1.73 bits per heavy atom. The SMILES string of the molecule is C=C(C)C(=O)OC12CC3CC(C1)CC(OC(CC)C(=O)OCCC)(C3)C2. The van der Waals surface area contributed by atoms with E-state index >= 15 is 0 Å². The highest BCUT2D eigenvalue weighted by atomic mass is 16.6. The molecule has 0 spiro atoms. The van der Waals surface area contributed by atoms with Gasteiger partial charge in [0.1, 0.15) is 5.60 Å². The van der Waals surface area contributed by atoms with Crippen molar-refractivity contribution in [2.75, 3.05) is 6.61 Å². The van der Waals surface area contributed by atoms with Crippen molar-refractivity contribution in [3.63, 3.8) is 0 Å². The Morgan fingerprint density at radius 3 is 2.27 bits per heavy atom. The molecular formula is C21H32O5. The molecule has 0 radical (unpaired) electrons. The number of rotatable bonds is 8. The molecule has 26 heavy (non-hydrogen) atoms. The van der Waals surface area contributed by atoms with Crippen LogP contribution >= 0.6 is 0 Å². The fourth-order valence-electron chi connectivity index (χ4n) is 5.53. The summed E-state index contributed by atoms with van der Waals surface area (Å²) in [5.74, 6) is 0.422. The molecule has 0 amide bonds. The molecule has 5 nitrogen and oxygen atoms in total. The molecule has 0 aromatic carbocycles. The van der Waals surface area contributed by atoms with Crippen LogP contribution in [0.4, 0.5) is 0 Å². The summed E-state index contributed by atoms with van der Waals surface area (Å²) in [6, 6.07) is 0. The van der Waals surface area contributed by atoms with Crippen LogP contribution in [0.15, 0.2) is 12.2 Å². The first-order valence-corrected chi connectivity index (χ1v) is 10.0. The van der Waals surface area contributed by atoms with Crippen molar-refractivity contribution < 1.29 is 23.8 Å². The minimum atomic E-state index is -0.535. The number of carbonyl (C=O) groups is 2. The maximum atomic E-state index is 12.4. The summed E-state index contributed by atoms with van der Waals surface area (Å²) >= 11 is 0. The van der Waals surface area contributed by atoms with E-state index in [1.54, 1.807) is 6.92 Å². The van der Waals surface area contributed by atoms with Gasteiger partial charge in [-0.3, -0.25) is 0 Å². The lowest BCUT2D eigenvalue weighted by Crippen LogP contribution is -2.62. The predicted molar refractivity (Wildman–Crippen MR) is 97.5 cm³/mol. The molecule has 3 unspecified atom stereocenters. The number of carbonyl (C=O) groups excluding carboxylic acids is 2. The fourth-order valence-corrected chi connectivity index (χ4v) is 5.53. The molecule has 4 saturated carbocycles. The number of esters is 2. The Morgan fingerprint density at radius 1 is 1.12 bits per heavy atom. The van der Waals surface area contributed by atoms with Crippen LogP contribution < -0.4 is 0 Å². The Balaban J connectivity index is 1.75. The molecule has 5 heteroatoms. The van der Waals surface area contributed by atoms with Crippen LogP contribution in [0.3, 0.4) is 0 Å². The first kappa shape index (κ1) is 19.4. The van der Waals surface area contributed by atoms with E-state index in [1.807, 2.05) is 13.8 Å². The zero-order valence-corrected chi connectivity index (χ0v) is 16.3. The van der Waals surface area contributed by atoms with E-state index < -0.39 is 11.7 Å². The monoisotopic (exact) mass is 364 g/mol. The summed E-state index contributed by atoms with van der Waals surface area (Å²) < 4.78 is 17.7. The van der Waals surface area contributed by atoms with Gasteiger partial charge in [-0.25, -0.2) is 9.59 Å². The summed E-state index contributed by atoms with van der Waals surface area (Å²) in [6.07, 6.45) is 6.44. The van der Waals surface area contributed by atoms with Crippen LogP contribution in [0.2, 0.25) is 0 Å². The first-order valence-electron chi connectivity index (χ1n) is 10.0. The number of hydrogen-bond donors (Lipinski definition) is 0. The molecule has 3 atom stereocenters. The Hall–Kier alpha value is -1.36. The third-order valence-corrected chi connectivity index (χ3v) is 6.09. The summed E-state index contributed by atoms with van der Waals surface area (Å²) in [4.78, 5) is 24.6. The second kappa shape index (κ2) is 7.34. The molecule has 4 bridgehead atoms. The highest BCUT2D eigenvalue weighted by Gasteiger charge is 2.61. The summed E-state index contributed by atoms with van der Waals surface area (Å²) in [7, 11) is 0. The highest BCUT2D eigenvalue weighted by molar-refractivity contribution is 5.87. The van der Waals surface area contributed by atoms with Gasteiger partial charge in [0.05, 0.1) is 12.2 Å². The van der Waals surface area contributed by atoms with E-state index in [0.29, 0.717) is 36.9 Å². The van der Waals surface area contributed by atoms with Crippen molar-refractivity contribution in [2.45, 2.75) is 89.4 Å². The molecule has 146 valence electrons. The van der Waals surface area contributed by atoms with Gasteiger partial charge in [0.2, 0.25) is 0 Å². The van der Waals surface area contributed by atoms with Gasteiger partial charge in [-0.15, -0.1) is 0 Å². The molecule has 0 heterocycles. The molecule has 0 saturated heterocycles. The second-order valence-electron chi connectivity index (χ2n) is 8.68. The van der Waals surface area contributed by atoms with Crippen molar-refractivity contribution >= 4 is 11.9 Å². The largest absolute Gasteiger partial charge is 0.464 e. The third kappa shape index (κ3) is 3.83. The molecule has 4 aliphatic rings. The van der Waals surface area contributed by atoms with Crippen LogP contribution in [0, 0.1) is 11.8 Å². The lowest BCUT2D eigenvalue weighted by Gasteiger charge is -2.61. The molecular weight excluding hydrogens is 332 g/mol. The van der Waals surface area contributed by atoms with Gasteiger partial charge in [-0.2, -0.15) is 0 Å². The summed E-state index contributed by atoms with van der Waals surface area (Å²) in [5, 5.41) is 0. The Labute approximate surface area is 156 Å². The fraction of sp³-hybridized carbons (Fsp3) is 0.810. The molecule has 4 fully saturated rings. The van der Waals surface area contributed by atoms with E-state index in [2.05, 4.69) is 6.58 Å². The maximum absolute atomic E-state index is 12.4. The van der Waals surface area contributed by atoms with E-state index in [1.165, 1.54) is 6.42 Å². The van der Waals surface area contributed by atoms with Crippen LogP contribution in [0.5, 0.6) is 0 Å². The van der Waals surface area contributed by atoms with E-state index in [-0.39, 0.29) is 17.5 Å². The van der Waals surface area contributed by atoms with Crippen molar-refractivity contribution in [3.8, 4) is 0 Å². The zero-order valence-electron chi connectivity index (χ0n) is 16.3. The standard InChI is InChI=1S/C21H32O5/c1-5-7-24-19(23)17(6-2)25-20-9-15-8-16(10-20)12-21(11-15,13-20)26-18(22)14(3)4/h15-17H,3,5-13H2,1-2,4H3. The lowest BCUT2D eigenvalue weighted by molar-refractivity contribution is -0.246. The van der Waals surface area contributed by atoms with Crippen molar-refractivity contribution in [2.24, 2.45) is 11.8 Å². The van der Waals surface area contributed by atoms with Gasteiger partial charge in [-0.05, 0) is 63.7 Å². The maximum Gasteiger partial charge on any atom is 0.335 e. The normalized spacial score (nSPS) is 35.8. The molecule has 0 aliphatic heterocycles. The smallest absolute Gasteiger partial charge is 0.335 e. The molecule has 4 aliphatic carbocycles. The summed E-state index contributed by atoms with van der Waals surface area (Å²) in [6.45, 7) is 9.76. The van der Waals surface area contributed by atoms with Gasteiger partial charge in [0, 0.05) is 12.0 Å². The average molecular weight is 364 g/mol. The van der Waals surface area contributed by atoms with E-state index in [0.717, 1.165) is 32.1 Å². The molecule has 0 N–H and O–H groups in total. The number of ether oxygens (including phenoxy) is 3. The van der Waals surface area contributed by atoms with Gasteiger partial charge < -0.3 is 14.2 Å². The van der Waals surface area contributed by atoms with Crippen LogP contribution in [0.25, 0.3) is 0 Å². The number of hydrogen-bond acceptors (Lipinski definition) is 5. The highest BCUT2D eigenvalue weighted by Crippen LogP contribution is 2.60. The van der Waals surface area contributed by atoms with Gasteiger partial charge in [0.15, 0.2) is 6.10 Å². The molecule has 0 aromatic heterocycles.